The number of primary amides is 1. The average Bonchev–Trinajstić information content (AvgIpc) is 2.77. The SMILES string of the molecule is CC1(C)C2CC3(c4ccccc4)CC1C(C(N)=O)(C2)C3. The Morgan fingerprint density at radius 1 is 1.15 bits per heavy atom. The van der Waals surface area contributed by atoms with Gasteiger partial charge in [-0.3, -0.25) is 4.79 Å². The molecule has 2 N–H and O–H groups in total. The van der Waals surface area contributed by atoms with E-state index in [1.807, 2.05) is 0 Å². The molecule has 4 unspecified atom stereocenters. The summed E-state index contributed by atoms with van der Waals surface area (Å²) in [6.07, 6.45) is 4.37. The largest absolute Gasteiger partial charge is 0.369 e. The van der Waals surface area contributed by atoms with Gasteiger partial charge >= 0.3 is 0 Å². The van der Waals surface area contributed by atoms with E-state index in [1.54, 1.807) is 0 Å². The first-order valence-corrected chi connectivity index (χ1v) is 7.76. The van der Waals surface area contributed by atoms with Gasteiger partial charge in [0.1, 0.15) is 0 Å². The Bertz CT molecular complexity index is 578. The van der Waals surface area contributed by atoms with E-state index in [0.717, 1.165) is 19.3 Å². The van der Waals surface area contributed by atoms with Gasteiger partial charge in [0.15, 0.2) is 0 Å². The highest BCUT2D eigenvalue weighted by Crippen LogP contribution is 2.76. The van der Waals surface area contributed by atoms with Gasteiger partial charge in [-0.15, -0.1) is 0 Å². The molecule has 4 aliphatic rings. The van der Waals surface area contributed by atoms with Crippen LogP contribution in [-0.4, -0.2) is 5.91 Å². The number of nitrogens with two attached hydrogens (primary N) is 1. The second-order valence-corrected chi connectivity index (χ2v) is 8.03. The lowest BCUT2D eigenvalue weighted by atomic mass is 9.58. The van der Waals surface area contributed by atoms with Gasteiger partial charge in [0.2, 0.25) is 5.91 Å². The fraction of sp³-hybridized carbons (Fsp3) is 0.611. The molecule has 1 amide bonds. The number of carbonyl (C=O) groups is 1. The second kappa shape index (κ2) is 3.47. The standard InChI is InChI=1S/C18H23NO/c1-16(2)13-8-17(12-6-4-3-5-7-12)10-14(16)18(9-13,11-17)15(19)20/h3-7,13-14H,8-11H2,1-2H3,(H2,19,20). The molecule has 2 nitrogen and oxygen atoms in total. The predicted molar refractivity (Wildman–Crippen MR) is 79.0 cm³/mol. The van der Waals surface area contributed by atoms with Crippen LogP contribution in [0.5, 0.6) is 0 Å². The smallest absolute Gasteiger partial charge is 0.223 e. The lowest BCUT2D eigenvalue weighted by molar-refractivity contribution is -0.129. The highest BCUT2D eigenvalue weighted by atomic mass is 16.1. The molecular weight excluding hydrogens is 246 g/mol. The average molecular weight is 269 g/mol. The van der Waals surface area contributed by atoms with Gasteiger partial charge in [0.25, 0.3) is 0 Å². The van der Waals surface area contributed by atoms with Gasteiger partial charge in [-0.05, 0) is 53.9 Å². The maximum absolute atomic E-state index is 12.3. The van der Waals surface area contributed by atoms with Crippen LogP contribution in [0, 0.1) is 22.7 Å². The Morgan fingerprint density at radius 2 is 1.85 bits per heavy atom. The Morgan fingerprint density at radius 3 is 2.45 bits per heavy atom. The van der Waals surface area contributed by atoms with Crippen LogP contribution in [0.3, 0.4) is 0 Å². The van der Waals surface area contributed by atoms with Crippen LogP contribution >= 0.6 is 0 Å². The number of benzene rings is 1. The first kappa shape index (κ1) is 12.4. The first-order chi connectivity index (χ1) is 9.41. The van der Waals surface area contributed by atoms with Crippen molar-refractivity contribution in [3.63, 3.8) is 0 Å². The molecule has 0 radical (unpaired) electrons. The Kier molecular flexibility index (Phi) is 2.16. The number of amides is 1. The molecule has 4 saturated carbocycles. The molecular formula is C18H23NO. The third-order valence-corrected chi connectivity index (χ3v) is 6.99. The third kappa shape index (κ3) is 1.23. The Labute approximate surface area is 120 Å². The topological polar surface area (TPSA) is 43.1 Å². The second-order valence-electron chi connectivity index (χ2n) is 8.03. The molecule has 4 bridgehead atoms. The van der Waals surface area contributed by atoms with Crippen molar-refractivity contribution < 1.29 is 4.79 Å². The maximum Gasteiger partial charge on any atom is 0.223 e. The van der Waals surface area contributed by atoms with E-state index in [2.05, 4.69) is 44.2 Å². The van der Waals surface area contributed by atoms with Crippen LogP contribution in [0.15, 0.2) is 30.3 Å². The number of carbonyl (C=O) groups excluding carboxylic acids is 1. The van der Waals surface area contributed by atoms with Gasteiger partial charge in [-0.1, -0.05) is 44.2 Å². The van der Waals surface area contributed by atoms with Crippen molar-refractivity contribution in [1.82, 2.24) is 0 Å². The Hall–Kier alpha value is -1.31. The lowest BCUT2D eigenvalue weighted by Crippen LogP contribution is -2.41. The minimum atomic E-state index is -0.234. The van der Waals surface area contributed by atoms with Crippen molar-refractivity contribution in [3.05, 3.63) is 35.9 Å². The molecule has 4 fully saturated rings. The van der Waals surface area contributed by atoms with E-state index in [1.165, 1.54) is 12.0 Å². The molecule has 0 aromatic heterocycles. The Balaban J connectivity index is 1.85. The van der Waals surface area contributed by atoms with E-state index in [4.69, 9.17) is 5.73 Å². The minimum absolute atomic E-state index is 0.0458. The van der Waals surface area contributed by atoms with Crippen molar-refractivity contribution in [2.45, 2.75) is 44.9 Å². The van der Waals surface area contributed by atoms with Crippen molar-refractivity contribution >= 4 is 5.91 Å². The summed E-state index contributed by atoms with van der Waals surface area (Å²) in [6.45, 7) is 4.71. The van der Waals surface area contributed by atoms with Crippen molar-refractivity contribution in [2.24, 2.45) is 28.4 Å². The first-order valence-electron chi connectivity index (χ1n) is 7.76. The van der Waals surface area contributed by atoms with Gasteiger partial charge in [0.05, 0.1) is 5.41 Å². The molecule has 0 heterocycles. The summed E-state index contributed by atoms with van der Waals surface area (Å²) < 4.78 is 0. The fourth-order valence-corrected chi connectivity index (χ4v) is 6.01. The van der Waals surface area contributed by atoms with Crippen LogP contribution in [0.25, 0.3) is 0 Å². The van der Waals surface area contributed by atoms with Crippen LogP contribution < -0.4 is 5.73 Å². The number of hydrogen-bond donors (Lipinski definition) is 1. The summed E-state index contributed by atoms with van der Waals surface area (Å²) in [5.74, 6) is 1.06. The van der Waals surface area contributed by atoms with Gasteiger partial charge in [0, 0.05) is 0 Å². The molecule has 2 heteroatoms. The van der Waals surface area contributed by atoms with Gasteiger partial charge in [-0.25, -0.2) is 0 Å². The van der Waals surface area contributed by atoms with Gasteiger partial charge < -0.3 is 5.73 Å². The van der Waals surface area contributed by atoms with Crippen LogP contribution in [0.2, 0.25) is 0 Å². The molecule has 106 valence electrons. The zero-order valence-corrected chi connectivity index (χ0v) is 12.4. The summed E-state index contributed by atoms with van der Waals surface area (Å²) in [6, 6.07) is 10.8. The van der Waals surface area contributed by atoms with E-state index in [0.29, 0.717) is 11.8 Å². The van der Waals surface area contributed by atoms with Crippen LogP contribution in [0.4, 0.5) is 0 Å². The van der Waals surface area contributed by atoms with E-state index in [9.17, 15) is 4.79 Å². The summed E-state index contributed by atoms with van der Waals surface area (Å²) in [7, 11) is 0. The monoisotopic (exact) mass is 269 g/mol. The molecule has 4 atom stereocenters. The van der Waals surface area contributed by atoms with E-state index in [-0.39, 0.29) is 22.2 Å². The van der Waals surface area contributed by atoms with Gasteiger partial charge in [-0.2, -0.15) is 0 Å². The lowest BCUT2D eigenvalue weighted by Gasteiger charge is -2.46. The molecule has 4 aliphatic carbocycles. The van der Waals surface area contributed by atoms with E-state index < -0.39 is 0 Å². The molecule has 0 saturated heterocycles. The fourth-order valence-electron chi connectivity index (χ4n) is 6.01. The minimum Gasteiger partial charge on any atom is -0.369 e. The third-order valence-electron chi connectivity index (χ3n) is 6.99. The maximum atomic E-state index is 12.3. The normalized spacial score (nSPS) is 43.9. The predicted octanol–water partition coefficient (Wildman–Crippen LogP) is 3.26. The summed E-state index contributed by atoms with van der Waals surface area (Å²) >= 11 is 0. The zero-order chi connectivity index (χ0) is 14.2. The van der Waals surface area contributed by atoms with Crippen molar-refractivity contribution in [3.8, 4) is 0 Å². The molecule has 0 aliphatic heterocycles. The number of hydrogen-bond acceptors (Lipinski definition) is 1. The number of rotatable bonds is 2. The molecule has 20 heavy (non-hydrogen) atoms. The zero-order valence-electron chi connectivity index (χ0n) is 12.4. The van der Waals surface area contributed by atoms with E-state index >= 15 is 0 Å². The molecule has 1 aromatic rings. The quantitative estimate of drug-likeness (QED) is 0.880. The summed E-state index contributed by atoms with van der Waals surface area (Å²) in [5, 5.41) is 0. The summed E-state index contributed by atoms with van der Waals surface area (Å²) in [4.78, 5) is 12.3. The van der Waals surface area contributed by atoms with Crippen LogP contribution in [-0.2, 0) is 10.2 Å². The van der Waals surface area contributed by atoms with Crippen molar-refractivity contribution in [2.75, 3.05) is 0 Å². The highest BCUT2D eigenvalue weighted by Gasteiger charge is 2.72. The van der Waals surface area contributed by atoms with Crippen LogP contribution in [0.1, 0.15) is 45.1 Å². The molecule has 1 aromatic carbocycles. The molecule has 0 spiro atoms. The van der Waals surface area contributed by atoms with Crippen molar-refractivity contribution in [1.29, 1.82) is 0 Å². The summed E-state index contributed by atoms with van der Waals surface area (Å²) in [5.41, 5.74) is 7.54. The highest BCUT2D eigenvalue weighted by molar-refractivity contribution is 5.83. The molecule has 5 rings (SSSR count).